The summed E-state index contributed by atoms with van der Waals surface area (Å²) in [7, 11) is 2.13. The number of benzene rings is 1. The van der Waals surface area contributed by atoms with Crippen LogP contribution in [0.3, 0.4) is 0 Å². The van der Waals surface area contributed by atoms with Crippen molar-refractivity contribution in [2.45, 2.75) is 27.2 Å². The van der Waals surface area contributed by atoms with Gasteiger partial charge in [-0.05, 0) is 56.6 Å². The van der Waals surface area contributed by atoms with Crippen molar-refractivity contribution in [1.82, 2.24) is 4.90 Å². The molecule has 1 N–H and O–H groups in total. The van der Waals surface area contributed by atoms with E-state index in [4.69, 9.17) is 0 Å². The topological polar surface area (TPSA) is 23.5 Å². The Bertz CT molecular complexity index is 339. The average Bonchev–Trinajstić information content (AvgIpc) is 2.21. The second-order valence-electron chi connectivity index (χ2n) is 4.21. The van der Waals surface area contributed by atoms with E-state index in [0.717, 1.165) is 25.1 Å². The molecule has 0 atom stereocenters. The number of likely N-dealkylation sites (N-methyl/N-ethyl adjacent to an activating group) is 1. The van der Waals surface area contributed by atoms with Crippen molar-refractivity contribution in [3.05, 3.63) is 28.8 Å². The van der Waals surface area contributed by atoms with Crippen LogP contribution in [-0.4, -0.2) is 30.1 Å². The summed E-state index contributed by atoms with van der Waals surface area (Å²) < 4.78 is 0. The molecule has 0 aliphatic carbocycles. The summed E-state index contributed by atoms with van der Waals surface area (Å²) in [5.74, 6) is 0.403. The van der Waals surface area contributed by atoms with Crippen molar-refractivity contribution >= 4 is 12.4 Å². The Kier molecular flexibility index (Phi) is 6.46. The Balaban J connectivity index is 0.00000225. The Morgan fingerprint density at radius 3 is 2.38 bits per heavy atom. The Labute approximate surface area is 105 Å². The standard InChI is InChI=1S/C13H21NO.ClH/c1-5-14(4)7-6-12-8-11(3)13(15)9-10(12)2;/h8-9,15H,5-7H2,1-4H3;1H. The molecule has 0 heterocycles. The molecule has 1 rings (SSSR count). The molecule has 1 aromatic carbocycles. The molecule has 0 fully saturated rings. The van der Waals surface area contributed by atoms with Gasteiger partial charge < -0.3 is 10.0 Å². The zero-order valence-electron chi connectivity index (χ0n) is 10.6. The third kappa shape index (κ3) is 4.03. The van der Waals surface area contributed by atoms with E-state index < -0.39 is 0 Å². The minimum atomic E-state index is 0. The third-order valence-electron chi connectivity index (χ3n) is 2.96. The lowest BCUT2D eigenvalue weighted by Crippen LogP contribution is -2.20. The van der Waals surface area contributed by atoms with Crippen molar-refractivity contribution in [2.75, 3.05) is 20.1 Å². The predicted molar refractivity (Wildman–Crippen MR) is 71.7 cm³/mol. The molecule has 0 radical (unpaired) electrons. The van der Waals surface area contributed by atoms with Gasteiger partial charge in [0.1, 0.15) is 5.75 Å². The number of halogens is 1. The molecule has 0 unspecified atom stereocenters. The lowest BCUT2D eigenvalue weighted by atomic mass is 10.0. The summed E-state index contributed by atoms with van der Waals surface area (Å²) in [6.07, 6.45) is 1.05. The maximum absolute atomic E-state index is 9.54. The highest BCUT2D eigenvalue weighted by Crippen LogP contribution is 2.21. The molecule has 0 amide bonds. The Morgan fingerprint density at radius 2 is 1.81 bits per heavy atom. The van der Waals surface area contributed by atoms with Crippen LogP contribution >= 0.6 is 12.4 Å². The van der Waals surface area contributed by atoms with Crippen molar-refractivity contribution in [3.8, 4) is 5.75 Å². The van der Waals surface area contributed by atoms with Crippen molar-refractivity contribution in [2.24, 2.45) is 0 Å². The number of aryl methyl sites for hydroxylation is 2. The first-order valence-corrected chi connectivity index (χ1v) is 5.52. The highest BCUT2D eigenvalue weighted by Gasteiger charge is 2.04. The second kappa shape index (κ2) is 6.77. The number of hydrogen-bond donors (Lipinski definition) is 1. The summed E-state index contributed by atoms with van der Waals surface area (Å²) in [5.41, 5.74) is 3.49. The van der Waals surface area contributed by atoms with Gasteiger partial charge in [0.2, 0.25) is 0 Å². The summed E-state index contributed by atoms with van der Waals surface area (Å²) in [6.45, 7) is 8.31. The minimum Gasteiger partial charge on any atom is -0.508 e. The van der Waals surface area contributed by atoms with Gasteiger partial charge in [-0.3, -0.25) is 0 Å². The van der Waals surface area contributed by atoms with Gasteiger partial charge in [-0.1, -0.05) is 13.0 Å². The van der Waals surface area contributed by atoms with Crippen LogP contribution < -0.4 is 0 Å². The van der Waals surface area contributed by atoms with E-state index in [2.05, 4.69) is 31.9 Å². The van der Waals surface area contributed by atoms with Gasteiger partial charge in [-0.15, -0.1) is 12.4 Å². The molecule has 0 saturated carbocycles. The van der Waals surface area contributed by atoms with E-state index in [1.807, 2.05) is 13.0 Å². The normalized spacial score (nSPS) is 10.3. The SMILES string of the molecule is CCN(C)CCc1cc(C)c(O)cc1C.Cl. The third-order valence-corrected chi connectivity index (χ3v) is 2.96. The quantitative estimate of drug-likeness (QED) is 0.879. The highest BCUT2D eigenvalue weighted by atomic mass is 35.5. The number of rotatable bonds is 4. The van der Waals surface area contributed by atoms with Crippen LogP contribution in [-0.2, 0) is 6.42 Å². The second-order valence-corrected chi connectivity index (χ2v) is 4.21. The van der Waals surface area contributed by atoms with Crippen molar-refractivity contribution in [1.29, 1.82) is 0 Å². The van der Waals surface area contributed by atoms with Crippen molar-refractivity contribution < 1.29 is 5.11 Å². The zero-order chi connectivity index (χ0) is 11.4. The number of nitrogens with zero attached hydrogens (tertiary/aromatic N) is 1. The first kappa shape index (κ1) is 15.3. The molecule has 0 saturated heterocycles. The molecule has 3 heteroatoms. The molecular weight excluding hydrogens is 222 g/mol. The van der Waals surface area contributed by atoms with E-state index in [0.29, 0.717) is 5.75 Å². The van der Waals surface area contributed by atoms with Gasteiger partial charge in [-0.25, -0.2) is 0 Å². The van der Waals surface area contributed by atoms with E-state index in [9.17, 15) is 5.11 Å². The minimum absolute atomic E-state index is 0. The van der Waals surface area contributed by atoms with E-state index >= 15 is 0 Å². The van der Waals surface area contributed by atoms with E-state index in [1.165, 1.54) is 11.1 Å². The fraction of sp³-hybridized carbons (Fsp3) is 0.538. The predicted octanol–water partition coefficient (Wildman–Crippen LogP) is 2.93. The summed E-state index contributed by atoms with van der Waals surface area (Å²) in [6, 6.07) is 3.95. The van der Waals surface area contributed by atoms with Crippen LogP contribution in [0.4, 0.5) is 0 Å². The van der Waals surface area contributed by atoms with Gasteiger partial charge >= 0.3 is 0 Å². The fourth-order valence-corrected chi connectivity index (χ4v) is 1.60. The number of phenols is 1. The monoisotopic (exact) mass is 243 g/mol. The van der Waals surface area contributed by atoms with Gasteiger partial charge in [0.05, 0.1) is 0 Å². The van der Waals surface area contributed by atoms with Gasteiger partial charge in [0.25, 0.3) is 0 Å². The molecule has 0 aliphatic rings. The maximum Gasteiger partial charge on any atom is 0.118 e. The van der Waals surface area contributed by atoms with Gasteiger partial charge in [0.15, 0.2) is 0 Å². The molecule has 0 spiro atoms. The van der Waals surface area contributed by atoms with Crippen molar-refractivity contribution in [3.63, 3.8) is 0 Å². The van der Waals surface area contributed by atoms with Crippen LogP contribution in [0.25, 0.3) is 0 Å². The van der Waals surface area contributed by atoms with Crippen LogP contribution in [0.2, 0.25) is 0 Å². The van der Waals surface area contributed by atoms with Gasteiger partial charge in [-0.2, -0.15) is 0 Å². The van der Waals surface area contributed by atoms with Crippen LogP contribution in [0.15, 0.2) is 12.1 Å². The molecule has 2 nitrogen and oxygen atoms in total. The van der Waals surface area contributed by atoms with E-state index in [1.54, 1.807) is 0 Å². The maximum atomic E-state index is 9.54. The first-order valence-electron chi connectivity index (χ1n) is 5.52. The summed E-state index contributed by atoms with van der Waals surface area (Å²) >= 11 is 0. The van der Waals surface area contributed by atoms with Crippen LogP contribution in [0, 0.1) is 13.8 Å². The first-order chi connectivity index (χ1) is 7.04. The molecular formula is C13H22ClNO. The molecule has 1 aromatic rings. The number of hydrogen-bond acceptors (Lipinski definition) is 2. The summed E-state index contributed by atoms with van der Waals surface area (Å²) in [5, 5.41) is 9.54. The zero-order valence-corrected chi connectivity index (χ0v) is 11.4. The number of aromatic hydroxyl groups is 1. The lowest BCUT2D eigenvalue weighted by Gasteiger charge is -2.15. The largest absolute Gasteiger partial charge is 0.508 e. The Hall–Kier alpha value is -0.730. The molecule has 0 aliphatic heterocycles. The fourth-order valence-electron chi connectivity index (χ4n) is 1.60. The average molecular weight is 244 g/mol. The van der Waals surface area contributed by atoms with Gasteiger partial charge in [0, 0.05) is 6.54 Å². The number of phenolic OH excluding ortho intramolecular Hbond substituents is 1. The van der Waals surface area contributed by atoms with Crippen LogP contribution in [0.5, 0.6) is 5.75 Å². The molecule has 0 bridgehead atoms. The highest BCUT2D eigenvalue weighted by molar-refractivity contribution is 5.85. The molecule has 16 heavy (non-hydrogen) atoms. The lowest BCUT2D eigenvalue weighted by molar-refractivity contribution is 0.357. The summed E-state index contributed by atoms with van der Waals surface area (Å²) in [4.78, 5) is 2.29. The van der Waals surface area contributed by atoms with Crippen LogP contribution in [0.1, 0.15) is 23.6 Å². The molecule has 92 valence electrons. The smallest absolute Gasteiger partial charge is 0.118 e. The molecule has 0 aromatic heterocycles. The van der Waals surface area contributed by atoms with E-state index in [-0.39, 0.29) is 12.4 Å². The Morgan fingerprint density at radius 1 is 1.19 bits per heavy atom.